The van der Waals surface area contributed by atoms with E-state index in [4.69, 9.17) is 0 Å². The SMILES string of the molecule is COC(=O)[C@H]([Al])C1CCCCN1. The zero-order valence-corrected chi connectivity index (χ0v) is 8.53. The third kappa shape index (κ3) is 2.48. The van der Waals surface area contributed by atoms with Crippen LogP contribution in [0.25, 0.3) is 0 Å². The highest BCUT2D eigenvalue weighted by Gasteiger charge is 2.24. The second-order valence-electron chi connectivity index (χ2n) is 3.11. The van der Waals surface area contributed by atoms with Gasteiger partial charge in [-0.2, -0.15) is 0 Å². The lowest BCUT2D eigenvalue weighted by Gasteiger charge is -2.28. The van der Waals surface area contributed by atoms with Gasteiger partial charge in [-0.15, -0.1) is 0 Å². The molecule has 1 aliphatic heterocycles. The van der Waals surface area contributed by atoms with Crippen molar-refractivity contribution in [3.63, 3.8) is 0 Å². The molecule has 1 saturated heterocycles. The van der Waals surface area contributed by atoms with E-state index in [1.54, 1.807) is 0 Å². The maximum Gasteiger partial charge on any atom is 0.294 e. The number of hydrogen-bond acceptors (Lipinski definition) is 3. The van der Waals surface area contributed by atoms with Gasteiger partial charge in [0, 0.05) is 10.8 Å². The zero-order chi connectivity index (χ0) is 8.97. The van der Waals surface area contributed by atoms with E-state index in [-0.39, 0.29) is 16.8 Å². The van der Waals surface area contributed by atoms with Crippen LogP contribution in [0.4, 0.5) is 0 Å². The van der Waals surface area contributed by atoms with Crippen LogP contribution in [0.5, 0.6) is 0 Å². The first-order valence-corrected chi connectivity index (χ1v) is 4.99. The minimum atomic E-state index is -0.139. The summed E-state index contributed by atoms with van der Waals surface area (Å²) in [4.78, 5) is 11.1. The maximum absolute atomic E-state index is 11.1. The molecule has 66 valence electrons. The third-order valence-corrected chi connectivity index (χ3v) is 2.99. The van der Waals surface area contributed by atoms with Crippen molar-refractivity contribution in [1.82, 2.24) is 5.32 Å². The predicted octanol–water partition coefficient (Wildman–Crippen LogP) is 0.259. The quantitative estimate of drug-likeness (QED) is 0.493. The van der Waals surface area contributed by atoms with E-state index < -0.39 is 0 Å². The second-order valence-corrected chi connectivity index (χ2v) is 3.82. The van der Waals surface area contributed by atoms with E-state index in [0.29, 0.717) is 0 Å². The molecular weight excluding hydrogens is 169 g/mol. The van der Waals surface area contributed by atoms with Crippen molar-refractivity contribution in [1.29, 1.82) is 0 Å². The van der Waals surface area contributed by atoms with Crippen molar-refractivity contribution in [3.8, 4) is 0 Å². The molecule has 3 nitrogen and oxygen atoms in total. The molecule has 0 aromatic heterocycles. The van der Waals surface area contributed by atoms with E-state index in [1.165, 1.54) is 20.0 Å². The molecule has 0 bridgehead atoms. The molecule has 4 heteroatoms. The Morgan fingerprint density at radius 2 is 2.42 bits per heavy atom. The van der Waals surface area contributed by atoms with Gasteiger partial charge in [0.15, 0.2) is 0 Å². The Kier molecular flexibility index (Phi) is 4.07. The van der Waals surface area contributed by atoms with Crippen LogP contribution in [-0.4, -0.2) is 42.0 Å². The van der Waals surface area contributed by atoms with Crippen molar-refractivity contribution < 1.29 is 9.53 Å². The summed E-state index contributed by atoms with van der Waals surface area (Å²) in [6.07, 6.45) is 3.50. The molecule has 0 aromatic rings. The van der Waals surface area contributed by atoms with Gasteiger partial charge in [-0.1, -0.05) is 6.42 Å². The van der Waals surface area contributed by atoms with Gasteiger partial charge in [-0.25, -0.2) is 0 Å². The minimum absolute atomic E-state index is 0.0877. The number of esters is 1. The first-order valence-electron chi connectivity index (χ1n) is 4.32. The molecule has 1 aliphatic rings. The van der Waals surface area contributed by atoms with Gasteiger partial charge in [0.2, 0.25) is 0 Å². The first-order chi connectivity index (χ1) is 5.75. The predicted molar refractivity (Wildman–Crippen MR) is 47.2 cm³/mol. The Balaban J connectivity index is 2.39. The summed E-state index contributed by atoms with van der Waals surface area (Å²) in [6.45, 7) is 1.02. The molecule has 1 rings (SSSR count). The first kappa shape index (κ1) is 10.0. The standard InChI is InChI=1S/C8H14NO2.Al/c1-11-8(10)6-7-4-2-3-5-9-7;/h6-7,9H,2-5H2,1H3;. The molecule has 0 saturated carbocycles. The highest BCUT2D eigenvalue weighted by molar-refractivity contribution is 6.23. The highest BCUT2D eigenvalue weighted by atomic mass is 27.0. The highest BCUT2D eigenvalue weighted by Crippen LogP contribution is 2.18. The molecule has 2 atom stereocenters. The summed E-state index contributed by atoms with van der Waals surface area (Å²) in [5, 5.41) is 3.31. The van der Waals surface area contributed by atoms with Crippen LogP contribution in [0.3, 0.4) is 0 Å². The van der Waals surface area contributed by atoms with Crippen LogP contribution in [-0.2, 0) is 9.53 Å². The summed E-state index contributed by atoms with van der Waals surface area (Å²) in [7, 11) is 1.43. The van der Waals surface area contributed by atoms with Gasteiger partial charge in [0.25, 0.3) is 5.97 Å². The van der Waals surface area contributed by atoms with E-state index >= 15 is 0 Å². The molecule has 1 unspecified atom stereocenters. The van der Waals surface area contributed by atoms with Gasteiger partial charge in [-0.3, -0.25) is 4.79 Å². The fourth-order valence-corrected chi connectivity index (χ4v) is 1.95. The van der Waals surface area contributed by atoms with Crippen molar-refractivity contribution in [2.45, 2.75) is 30.1 Å². The summed E-state index contributed by atoms with van der Waals surface area (Å²) in [5.74, 6) is -0.139. The van der Waals surface area contributed by atoms with Crippen LogP contribution in [0.1, 0.15) is 19.3 Å². The normalized spacial score (nSPS) is 26.2. The van der Waals surface area contributed by atoms with Gasteiger partial charge >= 0.3 is 0 Å². The Labute approximate surface area is 81.3 Å². The molecule has 1 fully saturated rings. The maximum atomic E-state index is 11.1. The summed E-state index contributed by atoms with van der Waals surface area (Å²) >= 11 is 2.55. The van der Waals surface area contributed by atoms with E-state index in [2.05, 4.69) is 26.3 Å². The molecular formula is C8H14AlNO2. The number of piperidine rings is 1. The lowest BCUT2D eigenvalue weighted by Crippen LogP contribution is -2.40. The largest absolute Gasteiger partial charge is 0.470 e. The topological polar surface area (TPSA) is 38.3 Å². The lowest BCUT2D eigenvalue weighted by molar-refractivity contribution is -0.141. The summed E-state index contributed by atoms with van der Waals surface area (Å²) < 4.78 is 4.58. The van der Waals surface area contributed by atoms with Crippen molar-refractivity contribution in [2.75, 3.05) is 13.7 Å². The molecule has 0 aromatic carbocycles. The Hall–Kier alpha value is -0.0375. The van der Waals surface area contributed by atoms with Gasteiger partial charge in [0.05, 0.1) is 7.11 Å². The number of carbonyl (C=O) groups excluding carboxylic acids is 1. The number of methoxy groups -OCH3 is 1. The minimum Gasteiger partial charge on any atom is -0.470 e. The molecule has 1 heterocycles. The number of hydrogen-bond donors (Lipinski definition) is 1. The molecule has 2 radical (unpaired) electrons. The van der Waals surface area contributed by atoms with Crippen molar-refractivity contribution in [2.24, 2.45) is 0 Å². The number of ether oxygens (including phenoxy) is 1. The number of carbonyl (C=O) groups is 1. The molecule has 0 amide bonds. The van der Waals surface area contributed by atoms with E-state index in [9.17, 15) is 4.79 Å². The zero-order valence-electron chi connectivity index (χ0n) is 7.38. The Morgan fingerprint density at radius 1 is 1.67 bits per heavy atom. The fraction of sp³-hybridized carbons (Fsp3) is 0.875. The van der Waals surface area contributed by atoms with Gasteiger partial charge in [-0.05, 0) is 19.4 Å². The van der Waals surface area contributed by atoms with Crippen LogP contribution in [0.2, 0.25) is 4.78 Å². The lowest BCUT2D eigenvalue weighted by atomic mass is 10.0. The monoisotopic (exact) mass is 183 g/mol. The fourth-order valence-electron chi connectivity index (χ4n) is 1.49. The summed E-state index contributed by atoms with van der Waals surface area (Å²) in [5.41, 5.74) is 0. The molecule has 12 heavy (non-hydrogen) atoms. The third-order valence-electron chi connectivity index (χ3n) is 2.26. The Bertz CT molecular complexity index is 157. The molecule has 0 aliphatic carbocycles. The average molecular weight is 183 g/mol. The average Bonchev–Trinajstić information content (AvgIpc) is 2.17. The number of nitrogens with one attached hydrogen (secondary N) is 1. The molecule has 1 N–H and O–H groups in total. The Morgan fingerprint density at radius 3 is 2.92 bits per heavy atom. The van der Waals surface area contributed by atoms with Gasteiger partial charge < -0.3 is 10.1 Å². The van der Waals surface area contributed by atoms with Crippen LogP contribution < -0.4 is 5.32 Å². The smallest absolute Gasteiger partial charge is 0.294 e. The van der Waals surface area contributed by atoms with Crippen molar-refractivity contribution in [3.05, 3.63) is 0 Å². The van der Waals surface area contributed by atoms with Crippen molar-refractivity contribution >= 4 is 22.3 Å². The van der Waals surface area contributed by atoms with Gasteiger partial charge in [0.1, 0.15) is 16.3 Å². The van der Waals surface area contributed by atoms with Crippen LogP contribution in [0, 0.1) is 0 Å². The van der Waals surface area contributed by atoms with E-state index in [1.807, 2.05) is 0 Å². The van der Waals surface area contributed by atoms with Crippen LogP contribution in [0.15, 0.2) is 0 Å². The summed E-state index contributed by atoms with van der Waals surface area (Å²) in [6, 6.07) is 0.288. The number of rotatable bonds is 2. The van der Waals surface area contributed by atoms with Crippen LogP contribution >= 0.6 is 0 Å². The molecule has 0 spiro atoms. The van der Waals surface area contributed by atoms with E-state index in [0.717, 1.165) is 13.0 Å². The second kappa shape index (κ2) is 4.86.